The van der Waals surface area contributed by atoms with Crippen molar-refractivity contribution < 1.29 is 9.47 Å². The van der Waals surface area contributed by atoms with Crippen molar-refractivity contribution in [3.63, 3.8) is 0 Å². The fourth-order valence-electron chi connectivity index (χ4n) is 2.81. The standard InChI is InChI=1S/C19H23N3O2/c1-4-22-16-9-7-6-8-15(16)21-19(22)20-13-14-10-11-17(24-5-2)18(12-14)23-3/h6-12H,4-5,13H2,1-3H3,(H,20,21). The van der Waals surface area contributed by atoms with Gasteiger partial charge in [0.05, 0.1) is 24.8 Å². The molecule has 0 radical (unpaired) electrons. The fraction of sp³-hybridized carbons (Fsp3) is 0.316. The number of benzene rings is 2. The summed E-state index contributed by atoms with van der Waals surface area (Å²) < 4.78 is 13.2. The summed E-state index contributed by atoms with van der Waals surface area (Å²) in [5, 5.41) is 3.43. The second kappa shape index (κ2) is 7.25. The number of imidazole rings is 1. The smallest absolute Gasteiger partial charge is 0.204 e. The van der Waals surface area contributed by atoms with Gasteiger partial charge in [0.1, 0.15) is 0 Å². The van der Waals surface area contributed by atoms with Gasteiger partial charge in [-0.05, 0) is 43.7 Å². The lowest BCUT2D eigenvalue weighted by Crippen LogP contribution is -2.07. The number of fused-ring (bicyclic) bond motifs is 1. The van der Waals surface area contributed by atoms with Gasteiger partial charge < -0.3 is 19.4 Å². The summed E-state index contributed by atoms with van der Waals surface area (Å²) in [4.78, 5) is 4.68. The topological polar surface area (TPSA) is 48.3 Å². The zero-order chi connectivity index (χ0) is 16.9. The number of aryl methyl sites for hydroxylation is 1. The molecule has 0 spiro atoms. The summed E-state index contributed by atoms with van der Waals surface area (Å²) in [7, 11) is 1.66. The number of aromatic nitrogens is 2. The predicted molar refractivity (Wildman–Crippen MR) is 96.9 cm³/mol. The minimum Gasteiger partial charge on any atom is -0.493 e. The second-order valence-corrected chi connectivity index (χ2v) is 5.44. The van der Waals surface area contributed by atoms with Gasteiger partial charge in [-0.2, -0.15) is 0 Å². The zero-order valence-electron chi connectivity index (χ0n) is 14.4. The van der Waals surface area contributed by atoms with Gasteiger partial charge in [0, 0.05) is 13.1 Å². The molecular weight excluding hydrogens is 302 g/mol. The van der Waals surface area contributed by atoms with E-state index in [4.69, 9.17) is 9.47 Å². The molecule has 0 bridgehead atoms. The Hall–Kier alpha value is -2.69. The Morgan fingerprint density at radius 3 is 2.67 bits per heavy atom. The van der Waals surface area contributed by atoms with E-state index in [9.17, 15) is 0 Å². The molecule has 3 rings (SSSR count). The molecule has 5 nitrogen and oxygen atoms in total. The summed E-state index contributed by atoms with van der Waals surface area (Å²) in [5.41, 5.74) is 3.27. The molecule has 1 aromatic heterocycles. The van der Waals surface area contributed by atoms with Crippen molar-refractivity contribution in [1.82, 2.24) is 9.55 Å². The van der Waals surface area contributed by atoms with Crippen LogP contribution in [-0.2, 0) is 13.1 Å². The highest BCUT2D eigenvalue weighted by atomic mass is 16.5. The Bertz CT molecular complexity index is 827. The number of ether oxygens (including phenoxy) is 2. The van der Waals surface area contributed by atoms with E-state index in [1.807, 2.05) is 43.3 Å². The summed E-state index contributed by atoms with van der Waals surface area (Å²) in [5.74, 6) is 2.40. The number of nitrogens with zero attached hydrogens (tertiary/aromatic N) is 2. The third kappa shape index (κ3) is 3.15. The maximum Gasteiger partial charge on any atom is 0.204 e. The largest absolute Gasteiger partial charge is 0.493 e. The van der Waals surface area contributed by atoms with Crippen LogP contribution in [0.5, 0.6) is 11.5 Å². The van der Waals surface area contributed by atoms with Crippen LogP contribution in [-0.4, -0.2) is 23.3 Å². The van der Waals surface area contributed by atoms with Crippen molar-refractivity contribution in [2.45, 2.75) is 26.9 Å². The molecule has 0 aliphatic rings. The number of rotatable bonds is 7. The van der Waals surface area contributed by atoms with Gasteiger partial charge in [0.15, 0.2) is 11.5 Å². The van der Waals surface area contributed by atoms with Crippen LogP contribution in [0.25, 0.3) is 11.0 Å². The van der Waals surface area contributed by atoms with E-state index >= 15 is 0 Å². The molecule has 2 aromatic carbocycles. The molecule has 0 aliphatic heterocycles. The van der Waals surface area contributed by atoms with E-state index < -0.39 is 0 Å². The van der Waals surface area contributed by atoms with Crippen LogP contribution in [0.15, 0.2) is 42.5 Å². The van der Waals surface area contributed by atoms with Gasteiger partial charge >= 0.3 is 0 Å². The Morgan fingerprint density at radius 1 is 1.08 bits per heavy atom. The highest BCUT2D eigenvalue weighted by Gasteiger charge is 2.10. The lowest BCUT2D eigenvalue weighted by Gasteiger charge is -2.12. The van der Waals surface area contributed by atoms with E-state index in [0.717, 1.165) is 40.6 Å². The van der Waals surface area contributed by atoms with E-state index in [0.29, 0.717) is 13.2 Å². The highest BCUT2D eigenvalue weighted by molar-refractivity contribution is 5.78. The Balaban J connectivity index is 1.81. The molecule has 1 N–H and O–H groups in total. The van der Waals surface area contributed by atoms with E-state index in [1.165, 1.54) is 0 Å². The van der Waals surface area contributed by atoms with Crippen LogP contribution < -0.4 is 14.8 Å². The predicted octanol–water partition coefficient (Wildman–Crippen LogP) is 4.08. The van der Waals surface area contributed by atoms with Gasteiger partial charge in [-0.25, -0.2) is 4.98 Å². The van der Waals surface area contributed by atoms with Crippen LogP contribution in [0.3, 0.4) is 0 Å². The maximum atomic E-state index is 5.56. The second-order valence-electron chi connectivity index (χ2n) is 5.44. The van der Waals surface area contributed by atoms with Gasteiger partial charge in [-0.1, -0.05) is 18.2 Å². The minimum atomic E-state index is 0.620. The maximum absolute atomic E-state index is 5.56. The summed E-state index contributed by atoms with van der Waals surface area (Å²) in [6.45, 7) is 6.25. The Morgan fingerprint density at radius 2 is 1.92 bits per heavy atom. The average molecular weight is 325 g/mol. The van der Waals surface area contributed by atoms with Crippen molar-refractivity contribution in [2.24, 2.45) is 0 Å². The number of anilines is 1. The molecule has 0 saturated heterocycles. The SMILES string of the molecule is CCOc1ccc(CNc2nc3ccccc3n2CC)cc1OC. The lowest BCUT2D eigenvalue weighted by atomic mass is 10.2. The van der Waals surface area contributed by atoms with Crippen molar-refractivity contribution in [1.29, 1.82) is 0 Å². The molecule has 0 fully saturated rings. The van der Waals surface area contributed by atoms with E-state index in [1.54, 1.807) is 7.11 Å². The molecule has 1 heterocycles. The van der Waals surface area contributed by atoms with Gasteiger partial charge in [-0.15, -0.1) is 0 Å². The summed E-state index contributed by atoms with van der Waals surface area (Å²) in [6, 6.07) is 14.2. The molecule has 0 atom stereocenters. The molecule has 24 heavy (non-hydrogen) atoms. The zero-order valence-corrected chi connectivity index (χ0v) is 14.4. The van der Waals surface area contributed by atoms with Gasteiger partial charge in [-0.3, -0.25) is 0 Å². The van der Waals surface area contributed by atoms with Crippen molar-refractivity contribution in [2.75, 3.05) is 19.0 Å². The molecule has 3 aromatic rings. The van der Waals surface area contributed by atoms with Gasteiger partial charge in [0.2, 0.25) is 5.95 Å². The first-order chi connectivity index (χ1) is 11.8. The van der Waals surface area contributed by atoms with Crippen LogP contribution in [0.2, 0.25) is 0 Å². The van der Waals surface area contributed by atoms with Crippen molar-refractivity contribution >= 4 is 17.0 Å². The number of hydrogen-bond donors (Lipinski definition) is 1. The Kier molecular flexibility index (Phi) is 4.89. The van der Waals surface area contributed by atoms with E-state index in [-0.39, 0.29) is 0 Å². The summed E-state index contributed by atoms with van der Waals surface area (Å²) >= 11 is 0. The highest BCUT2D eigenvalue weighted by Crippen LogP contribution is 2.28. The van der Waals surface area contributed by atoms with Crippen LogP contribution >= 0.6 is 0 Å². The molecule has 0 saturated carbocycles. The minimum absolute atomic E-state index is 0.620. The average Bonchev–Trinajstić information content (AvgIpc) is 2.98. The quantitative estimate of drug-likeness (QED) is 0.711. The van der Waals surface area contributed by atoms with Crippen molar-refractivity contribution in [3.05, 3.63) is 48.0 Å². The third-order valence-electron chi connectivity index (χ3n) is 3.95. The van der Waals surface area contributed by atoms with Crippen molar-refractivity contribution in [3.8, 4) is 11.5 Å². The van der Waals surface area contributed by atoms with Crippen LogP contribution in [0.1, 0.15) is 19.4 Å². The summed E-state index contributed by atoms with van der Waals surface area (Å²) in [6.07, 6.45) is 0. The molecular formula is C19H23N3O2. The molecule has 0 amide bonds. The normalized spacial score (nSPS) is 10.8. The first-order valence-electron chi connectivity index (χ1n) is 8.25. The van der Waals surface area contributed by atoms with Crippen LogP contribution in [0, 0.1) is 0 Å². The number of nitrogens with one attached hydrogen (secondary N) is 1. The molecule has 0 aliphatic carbocycles. The molecule has 126 valence electrons. The van der Waals surface area contributed by atoms with E-state index in [2.05, 4.69) is 27.9 Å². The molecule has 5 heteroatoms. The first kappa shape index (κ1) is 16.2. The first-order valence-corrected chi connectivity index (χ1v) is 8.25. The lowest BCUT2D eigenvalue weighted by molar-refractivity contribution is 0.310. The number of para-hydroxylation sites is 2. The number of hydrogen-bond acceptors (Lipinski definition) is 4. The Labute approximate surface area is 142 Å². The molecule has 0 unspecified atom stereocenters. The number of methoxy groups -OCH3 is 1. The third-order valence-corrected chi connectivity index (χ3v) is 3.95. The fourth-order valence-corrected chi connectivity index (χ4v) is 2.81. The van der Waals surface area contributed by atoms with Crippen LogP contribution in [0.4, 0.5) is 5.95 Å². The van der Waals surface area contributed by atoms with Gasteiger partial charge in [0.25, 0.3) is 0 Å². The monoisotopic (exact) mass is 325 g/mol.